The molecule has 4 aromatic carbocycles. The quantitative estimate of drug-likeness (QED) is 0.0399. The van der Waals surface area contributed by atoms with Crippen LogP contribution in [-0.2, 0) is 32.2 Å². The summed E-state index contributed by atoms with van der Waals surface area (Å²) >= 11 is 0. The Morgan fingerprint density at radius 3 is 2.11 bits per heavy atom. The summed E-state index contributed by atoms with van der Waals surface area (Å²) in [6.45, 7) is 4.44. The molecule has 2 amide bonds. The van der Waals surface area contributed by atoms with Crippen molar-refractivity contribution in [3.05, 3.63) is 129 Å². The Bertz CT molecular complexity index is 1880. The van der Waals surface area contributed by atoms with Crippen LogP contribution in [0, 0.1) is 10.1 Å². The van der Waals surface area contributed by atoms with Gasteiger partial charge in [0.15, 0.2) is 6.29 Å². The minimum absolute atomic E-state index is 0.00852. The number of nitrogens with zero attached hydrogens (tertiary/aromatic N) is 3. The van der Waals surface area contributed by atoms with Crippen molar-refractivity contribution in [2.75, 3.05) is 37.6 Å². The lowest BCUT2D eigenvalue weighted by Crippen LogP contribution is -2.49. The maximum absolute atomic E-state index is 12.5. The van der Waals surface area contributed by atoms with E-state index in [-0.39, 0.29) is 47.7 Å². The van der Waals surface area contributed by atoms with E-state index in [2.05, 4.69) is 39.4 Å². The predicted molar refractivity (Wildman–Crippen MR) is 212 cm³/mol. The second-order valence-electron chi connectivity index (χ2n) is 14.5. The molecule has 296 valence electrons. The van der Waals surface area contributed by atoms with Gasteiger partial charge in [0.1, 0.15) is 0 Å². The summed E-state index contributed by atoms with van der Waals surface area (Å²) in [6, 6.07) is 31.0. The van der Waals surface area contributed by atoms with E-state index in [1.54, 1.807) is 17.6 Å². The Balaban J connectivity index is 1.05. The van der Waals surface area contributed by atoms with Gasteiger partial charge in [-0.15, -0.1) is 0 Å². The molecule has 56 heavy (non-hydrogen) atoms. The fraction of sp³-hybridized carbons (Fsp3) is 0.395. The van der Waals surface area contributed by atoms with E-state index in [1.165, 1.54) is 0 Å². The molecule has 13 heteroatoms. The number of anilines is 1. The van der Waals surface area contributed by atoms with Gasteiger partial charge in [0, 0.05) is 81.9 Å². The number of non-ortho nitro benzene ring substituents is 1. The summed E-state index contributed by atoms with van der Waals surface area (Å²) in [4.78, 5) is 38.9. The van der Waals surface area contributed by atoms with Gasteiger partial charge in [0.05, 0.1) is 23.7 Å². The van der Waals surface area contributed by atoms with E-state index in [0.29, 0.717) is 25.8 Å². The van der Waals surface area contributed by atoms with Crippen LogP contribution in [0.2, 0.25) is 0 Å². The van der Waals surface area contributed by atoms with Gasteiger partial charge < -0.3 is 24.8 Å². The molecule has 2 saturated heterocycles. The molecule has 0 bridgehead atoms. The summed E-state index contributed by atoms with van der Waals surface area (Å²) in [5, 5.41) is 32.3. The Morgan fingerprint density at radius 2 is 1.45 bits per heavy atom. The average molecular weight is 766 g/mol. The van der Waals surface area contributed by atoms with Crippen LogP contribution in [0.1, 0.15) is 79.6 Å². The van der Waals surface area contributed by atoms with Crippen molar-refractivity contribution in [1.82, 2.24) is 15.7 Å². The smallest absolute Gasteiger partial charge is 0.269 e. The number of carbonyl (C=O) groups excluding carboxylic acids is 2. The van der Waals surface area contributed by atoms with E-state index in [1.807, 2.05) is 60.7 Å². The number of hydrogen-bond donors (Lipinski definition) is 4. The van der Waals surface area contributed by atoms with Gasteiger partial charge >= 0.3 is 0 Å². The molecule has 0 spiro atoms. The normalized spacial score (nSPS) is 18.7. The Morgan fingerprint density at radius 1 is 0.768 bits per heavy atom. The Hall–Kier alpha value is -5.18. The number of carbonyl (C=O) groups is 2. The van der Waals surface area contributed by atoms with Crippen LogP contribution >= 0.6 is 0 Å². The summed E-state index contributed by atoms with van der Waals surface area (Å²) in [5.74, 6) is -0.397. The number of piperazine rings is 1. The van der Waals surface area contributed by atoms with Crippen molar-refractivity contribution in [3.8, 4) is 11.1 Å². The first-order chi connectivity index (χ1) is 27.3. The van der Waals surface area contributed by atoms with Crippen molar-refractivity contribution in [1.29, 1.82) is 0 Å². The molecule has 0 aliphatic carbocycles. The second-order valence-corrected chi connectivity index (χ2v) is 14.5. The SMILES string of the molecule is O=C(CCCCCCC(=O)NCc1cccc(-c2ccc([C@H]3O[C@@H](CN4CCN(c5ccc([N+](=O)[O-])cc5)CC4)C[C@@H](c4ccc(CO)cc4)O3)cc2)c1)NO. The zero-order valence-electron chi connectivity index (χ0n) is 31.6. The van der Waals surface area contributed by atoms with Crippen LogP contribution < -0.4 is 15.7 Å². The van der Waals surface area contributed by atoms with Crippen molar-refractivity contribution in [2.24, 2.45) is 0 Å². The van der Waals surface area contributed by atoms with Gasteiger partial charge in [-0.1, -0.05) is 79.6 Å². The van der Waals surface area contributed by atoms with E-state index in [9.17, 15) is 24.8 Å². The highest BCUT2D eigenvalue weighted by atomic mass is 16.7. The molecule has 2 heterocycles. The van der Waals surface area contributed by atoms with Gasteiger partial charge in [0.2, 0.25) is 11.8 Å². The lowest BCUT2D eigenvalue weighted by Gasteiger charge is -2.41. The number of aliphatic hydroxyl groups excluding tert-OH is 1. The first kappa shape index (κ1) is 40.5. The molecule has 2 aliphatic rings. The number of hydrogen-bond acceptors (Lipinski definition) is 10. The first-order valence-corrected chi connectivity index (χ1v) is 19.4. The number of ether oxygens (including phenoxy) is 2. The molecular weight excluding hydrogens is 714 g/mol. The minimum atomic E-state index is -0.576. The number of nitro benzene ring substituents is 1. The van der Waals surface area contributed by atoms with Gasteiger partial charge in [-0.25, -0.2) is 5.48 Å². The van der Waals surface area contributed by atoms with Crippen LogP contribution in [0.3, 0.4) is 0 Å². The van der Waals surface area contributed by atoms with E-state index in [0.717, 1.165) is 91.1 Å². The number of amides is 2. The number of unbranched alkanes of at least 4 members (excludes halogenated alkanes) is 3. The van der Waals surface area contributed by atoms with E-state index in [4.69, 9.17) is 14.7 Å². The molecule has 3 atom stereocenters. The maximum atomic E-state index is 12.5. The second kappa shape index (κ2) is 20.1. The summed E-state index contributed by atoms with van der Waals surface area (Å²) in [6.07, 6.45) is 3.63. The van der Waals surface area contributed by atoms with Crippen LogP contribution in [0.15, 0.2) is 97.1 Å². The zero-order valence-corrected chi connectivity index (χ0v) is 31.6. The molecule has 0 radical (unpaired) electrons. The first-order valence-electron chi connectivity index (χ1n) is 19.4. The largest absolute Gasteiger partial charge is 0.392 e. The fourth-order valence-corrected chi connectivity index (χ4v) is 7.26. The van der Waals surface area contributed by atoms with Gasteiger partial charge in [-0.2, -0.15) is 0 Å². The maximum Gasteiger partial charge on any atom is 0.269 e. The summed E-state index contributed by atoms with van der Waals surface area (Å²) in [7, 11) is 0. The molecule has 2 fully saturated rings. The summed E-state index contributed by atoms with van der Waals surface area (Å²) < 4.78 is 13.3. The van der Waals surface area contributed by atoms with Crippen molar-refractivity contribution >= 4 is 23.2 Å². The highest BCUT2D eigenvalue weighted by Crippen LogP contribution is 2.39. The third-order valence-corrected chi connectivity index (χ3v) is 10.5. The molecule has 0 saturated carbocycles. The number of aliphatic hydroxyl groups is 1. The molecular formula is C43H51N5O8. The van der Waals surface area contributed by atoms with Crippen molar-refractivity contribution < 1.29 is 34.3 Å². The third-order valence-electron chi connectivity index (χ3n) is 10.5. The number of benzene rings is 4. The fourth-order valence-electron chi connectivity index (χ4n) is 7.26. The molecule has 0 unspecified atom stereocenters. The van der Waals surface area contributed by atoms with Gasteiger partial charge in [-0.3, -0.25) is 29.8 Å². The van der Waals surface area contributed by atoms with Crippen LogP contribution in [-0.4, -0.2) is 70.8 Å². The molecule has 6 rings (SSSR count). The molecule has 2 aliphatic heterocycles. The molecule has 0 aromatic heterocycles. The van der Waals surface area contributed by atoms with E-state index < -0.39 is 6.29 Å². The van der Waals surface area contributed by atoms with Gasteiger partial charge in [-0.05, 0) is 58.9 Å². The Labute approximate surface area is 327 Å². The predicted octanol–water partition coefficient (Wildman–Crippen LogP) is 6.58. The lowest BCUT2D eigenvalue weighted by molar-refractivity contribution is -0.384. The minimum Gasteiger partial charge on any atom is -0.392 e. The molecule has 4 aromatic rings. The number of nitrogens with one attached hydrogen (secondary N) is 2. The standard InChI is InChI=1S/C43H51N5O8/c49-30-31-10-12-34(13-11-31)40-27-39(29-46-22-24-47(25-23-46)37-18-20-38(21-19-37)48(53)54)55-43(56-40)35-16-14-33(15-17-35)36-7-5-6-32(26-36)28-44-41(50)8-3-1-2-4-9-42(51)45-52/h5-7,10-21,26,39-40,43,49,52H,1-4,8-9,22-25,27-30H2,(H,44,50)(H,45,51)/t39-,40+,43+/m1/s1. The average Bonchev–Trinajstić information content (AvgIpc) is 3.24. The number of nitro groups is 1. The third kappa shape index (κ3) is 11.4. The highest BCUT2D eigenvalue weighted by Gasteiger charge is 2.34. The number of hydroxylamine groups is 1. The molecule has 13 nitrogen and oxygen atoms in total. The lowest BCUT2D eigenvalue weighted by atomic mass is 9.98. The van der Waals surface area contributed by atoms with Crippen LogP contribution in [0.5, 0.6) is 0 Å². The molecule has 4 N–H and O–H groups in total. The zero-order chi connectivity index (χ0) is 39.3. The highest BCUT2D eigenvalue weighted by molar-refractivity contribution is 5.76. The van der Waals surface area contributed by atoms with Crippen LogP contribution in [0.25, 0.3) is 11.1 Å². The van der Waals surface area contributed by atoms with Crippen molar-refractivity contribution in [3.63, 3.8) is 0 Å². The van der Waals surface area contributed by atoms with E-state index >= 15 is 0 Å². The van der Waals surface area contributed by atoms with Crippen molar-refractivity contribution in [2.45, 2.75) is 76.6 Å². The van der Waals surface area contributed by atoms with Gasteiger partial charge in [0.25, 0.3) is 5.69 Å². The van der Waals surface area contributed by atoms with Crippen LogP contribution in [0.4, 0.5) is 11.4 Å². The monoisotopic (exact) mass is 765 g/mol. The Kier molecular flexibility index (Phi) is 14.5. The number of rotatable bonds is 17. The summed E-state index contributed by atoms with van der Waals surface area (Å²) in [5.41, 5.74) is 8.57. The topological polar surface area (TPSA) is 167 Å².